The summed E-state index contributed by atoms with van der Waals surface area (Å²) < 4.78 is 5.15. The second kappa shape index (κ2) is 6.06. The topological polar surface area (TPSA) is 55.6 Å². The Labute approximate surface area is 114 Å². The lowest BCUT2D eigenvalue weighted by Crippen LogP contribution is -2.44. The Hall–Kier alpha value is -1.55. The van der Waals surface area contributed by atoms with E-state index in [0.717, 1.165) is 31.6 Å². The van der Waals surface area contributed by atoms with Crippen LogP contribution in [0.2, 0.25) is 0 Å². The predicted molar refractivity (Wildman–Crippen MR) is 75.7 cm³/mol. The van der Waals surface area contributed by atoms with E-state index in [1.807, 2.05) is 26.0 Å². The molecular formula is C15H22N2O2. The number of esters is 1. The van der Waals surface area contributed by atoms with Crippen LogP contribution in [0, 0.1) is 0 Å². The van der Waals surface area contributed by atoms with Crippen molar-refractivity contribution in [1.29, 1.82) is 0 Å². The molecule has 1 unspecified atom stereocenters. The SMILES string of the molecule is CCOC(=O)C(CC)N1CCc2c(N)cccc2C1. The molecule has 2 N–H and O–H groups in total. The number of rotatable bonds is 4. The Kier molecular flexibility index (Phi) is 4.43. The van der Waals surface area contributed by atoms with Crippen LogP contribution in [0.3, 0.4) is 0 Å². The van der Waals surface area contributed by atoms with E-state index < -0.39 is 0 Å². The monoisotopic (exact) mass is 262 g/mol. The molecule has 0 bridgehead atoms. The zero-order chi connectivity index (χ0) is 13.8. The molecule has 0 saturated heterocycles. The van der Waals surface area contributed by atoms with Gasteiger partial charge in [-0.15, -0.1) is 0 Å². The van der Waals surface area contributed by atoms with Gasteiger partial charge in [0, 0.05) is 18.8 Å². The number of nitrogens with two attached hydrogens (primary N) is 1. The summed E-state index contributed by atoms with van der Waals surface area (Å²) in [5.41, 5.74) is 9.32. The van der Waals surface area contributed by atoms with Gasteiger partial charge >= 0.3 is 5.97 Å². The van der Waals surface area contributed by atoms with Gasteiger partial charge in [0.25, 0.3) is 0 Å². The van der Waals surface area contributed by atoms with Crippen LogP contribution < -0.4 is 5.73 Å². The van der Waals surface area contributed by atoms with Crippen molar-refractivity contribution in [1.82, 2.24) is 4.90 Å². The summed E-state index contributed by atoms with van der Waals surface area (Å²) in [6, 6.07) is 5.87. The fraction of sp³-hybridized carbons (Fsp3) is 0.533. The summed E-state index contributed by atoms with van der Waals surface area (Å²) in [5, 5.41) is 0. The molecule has 0 aromatic heterocycles. The standard InChI is InChI=1S/C15H22N2O2/c1-3-14(15(18)19-4-2)17-9-8-12-11(10-17)6-5-7-13(12)16/h5-7,14H,3-4,8-10,16H2,1-2H3. The lowest BCUT2D eigenvalue weighted by Gasteiger charge is -2.34. The minimum Gasteiger partial charge on any atom is -0.465 e. The second-order valence-electron chi connectivity index (χ2n) is 4.88. The molecule has 0 spiro atoms. The van der Waals surface area contributed by atoms with Crippen molar-refractivity contribution in [2.75, 3.05) is 18.9 Å². The fourth-order valence-corrected chi connectivity index (χ4v) is 2.74. The molecule has 4 heteroatoms. The van der Waals surface area contributed by atoms with E-state index >= 15 is 0 Å². The van der Waals surface area contributed by atoms with Gasteiger partial charge in [-0.25, -0.2) is 0 Å². The molecule has 4 nitrogen and oxygen atoms in total. The molecule has 0 amide bonds. The van der Waals surface area contributed by atoms with Gasteiger partial charge in [0.05, 0.1) is 6.61 Å². The number of nitrogens with zero attached hydrogens (tertiary/aromatic N) is 1. The highest BCUT2D eigenvalue weighted by molar-refractivity contribution is 5.75. The highest BCUT2D eigenvalue weighted by Crippen LogP contribution is 2.26. The van der Waals surface area contributed by atoms with E-state index in [1.54, 1.807) is 0 Å². The number of hydrogen-bond donors (Lipinski definition) is 1. The van der Waals surface area contributed by atoms with E-state index in [-0.39, 0.29) is 12.0 Å². The van der Waals surface area contributed by atoms with E-state index in [0.29, 0.717) is 6.61 Å². The van der Waals surface area contributed by atoms with E-state index in [1.165, 1.54) is 11.1 Å². The first-order valence-corrected chi connectivity index (χ1v) is 6.94. The molecule has 0 fully saturated rings. The Morgan fingerprint density at radius 1 is 1.47 bits per heavy atom. The van der Waals surface area contributed by atoms with Crippen molar-refractivity contribution >= 4 is 11.7 Å². The van der Waals surface area contributed by atoms with Crippen LogP contribution in [0.5, 0.6) is 0 Å². The van der Waals surface area contributed by atoms with Gasteiger partial charge < -0.3 is 10.5 Å². The van der Waals surface area contributed by atoms with Crippen molar-refractivity contribution in [3.63, 3.8) is 0 Å². The highest BCUT2D eigenvalue weighted by Gasteiger charge is 2.28. The van der Waals surface area contributed by atoms with Gasteiger partial charge in [-0.05, 0) is 37.0 Å². The van der Waals surface area contributed by atoms with Gasteiger partial charge in [-0.1, -0.05) is 19.1 Å². The zero-order valence-electron chi connectivity index (χ0n) is 11.7. The number of carbonyl (C=O) groups excluding carboxylic acids is 1. The summed E-state index contributed by atoms with van der Waals surface area (Å²) in [6.45, 7) is 5.94. The Bertz CT molecular complexity index is 459. The maximum absolute atomic E-state index is 12.0. The first-order valence-electron chi connectivity index (χ1n) is 6.94. The average molecular weight is 262 g/mol. The third-order valence-corrected chi connectivity index (χ3v) is 3.72. The summed E-state index contributed by atoms with van der Waals surface area (Å²) in [6.07, 6.45) is 1.67. The number of nitrogen functional groups attached to an aromatic ring is 1. The number of hydrogen-bond acceptors (Lipinski definition) is 4. The van der Waals surface area contributed by atoms with Crippen LogP contribution in [0.1, 0.15) is 31.4 Å². The molecular weight excluding hydrogens is 240 g/mol. The van der Waals surface area contributed by atoms with Crippen LogP contribution in [-0.2, 0) is 22.5 Å². The number of ether oxygens (including phenoxy) is 1. The van der Waals surface area contributed by atoms with Crippen LogP contribution in [0.15, 0.2) is 18.2 Å². The van der Waals surface area contributed by atoms with E-state index in [9.17, 15) is 4.79 Å². The molecule has 1 aliphatic rings. The smallest absolute Gasteiger partial charge is 0.323 e. The highest BCUT2D eigenvalue weighted by atomic mass is 16.5. The fourth-order valence-electron chi connectivity index (χ4n) is 2.74. The van der Waals surface area contributed by atoms with Crippen molar-refractivity contribution in [3.05, 3.63) is 29.3 Å². The Morgan fingerprint density at radius 3 is 2.95 bits per heavy atom. The molecule has 1 atom stereocenters. The number of benzene rings is 1. The van der Waals surface area contributed by atoms with Crippen LogP contribution in [-0.4, -0.2) is 30.1 Å². The third-order valence-electron chi connectivity index (χ3n) is 3.72. The minimum absolute atomic E-state index is 0.114. The Morgan fingerprint density at radius 2 is 2.26 bits per heavy atom. The molecule has 1 aromatic carbocycles. The molecule has 0 radical (unpaired) electrons. The van der Waals surface area contributed by atoms with Crippen LogP contribution >= 0.6 is 0 Å². The molecule has 104 valence electrons. The molecule has 1 heterocycles. The third kappa shape index (κ3) is 2.89. The summed E-state index contributed by atoms with van der Waals surface area (Å²) >= 11 is 0. The molecule has 0 saturated carbocycles. The van der Waals surface area contributed by atoms with Crippen molar-refractivity contribution in [2.45, 2.75) is 39.3 Å². The van der Waals surface area contributed by atoms with Crippen molar-refractivity contribution in [3.8, 4) is 0 Å². The van der Waals surface area contributed by atoms with Gasteiger partial charge in [0.15, 0.2) is 0 Å². The molecule has 1 aromatic rings. The first-order chi connectivity index (χ1) is 9.17. The van der Waals surface area contributed by atoms with Crippen molar-refractivity contribution in [2.24, 2.45) is 0 Å². The van der Waals surface area contributed by atoms with Gasteiger partial charge in [-0.3, -0.25) is 9.69 Å². The molecule has 2 rings (SSSR count). The molecule has 19 heavy (non-hydrogen) atoms. The summed E-state index contributed by atoms with van der Waals surface area (Å²) in [5.74, 6) is -0.114. The Balaban J connectivity index is 2.14. The number of carbonyl (C=O) groups is 1. The van der Waals surface area contributed by atoms with Gasteiger partial charge in [-0.2, -0.15) is 0 Å². The molecule has 0 aliphatic carbocycles. The minimum atomic E-state index is -0.144. The predicted octanol–water partition coefficient (Wildman–Crippen LogP) is 1.97. The van der Waals surface area contributed by atoms with E-state index in [4.69, 9.17) is 10.5 Å². The summed E-state index contributed by atoms with van der Waals surface area (Å²) in [4.78, 5) is 14.2. The zero-order valence-corrected chi connectivity index (χ0v) is 11.7. The maximum Gasteiger partial charge on any atom is 0.323 e. The quantitative estimate of drug-likeness (QED) is 0.666. The normalized spacial score (nSPS) is 16.7. The lowest BCUT2D eigenvalue weighted by atomic mass is 9.96. The first kappa shape index (κ1) is 13.9. The van der Waals surface area contributed by atoms with E-state index in [2.05, 4.69) is 11.0 Å². The lowest BCUT2D eigenvalue weighted by molar-refractivity contribution is -0.150. The summed E-state index contributed by atoms with van der Waals surface area (Å²) in [7, 11) is 0. The van der Waals surface area contributed by atoms with Gasteiger partial charge in [0.1, 0.15) is 6.04 Å². The average Bonchev–Trinajstić information content (AvgIpc) is 2.40. The number of fused-ring (bicyclic) bond motifs is 1. The largest absolute Gasteiger partial charge is 0.465 e. The molecule has 1 aliphatic heterocycles. The second-order valence-corrected chi connectivity index (χ2v) is 4.88. The van der Waals surface area contributed by atoms with Crippen molar-refractivity contribution < 1.29 is 9.53 Å². The van der Waals surface area contributed by atoms with Gasteiger partial charge in [0.2, 0.25) is 0 Å². The number of anilines is 1. The van der Waals surface area contributed by atoms with Crippen LogP contribution in [0.25, 0.3) is 0 Å². The maximum atomic E-state index is 12.0. The van der Waals surface area contributed by atoms with Crippen LogP contribution in [0.4, 0.5) is 5.69 Å².